The Kier molecular flexibility index (Phi) is 14.3. The number of nitrogens with zero attached hydrogens (tertiary/aromatic N) is 7. The molecular weight excluding hydrogens is 820 g/mol. The average Bonchev–Trinajstić information content (AvgIpc) is 3.69. The molecule has 4 aromatic heterocycles. The van der Waals surface area contributed by atoms with E-state index in [0.29, 0.717) is 0 Å². The summed E-state index contributed by atoms with van der Waals surface area (Å²) in [5.41, 5.74) is 10.4. The van der Waals surface area contributed by atoms with Gasteiger partial charge in [0, 0.05) is 0 Å². The van der Waals surface area contributed by atoms with Crippen LogP contribution in [0.5, 0.6) is 0 Å². The molecular formula is C21H34N10O19P4. The van der Waals surface area contributed by atoms with Crippen molar-refractivity contribution in [3.63, 3.8) is 0 Å². The molecule has 0 spiro atoms. The fourth-order valence-electron chi connectivity index (χ4n) is 4.34. The van der Waals surface area contributed by atoms with E-state index in [2.05, 4.69) is 47.6 Å². The van der Waals surface area contributed by atoms with Crippen LogP contribution in [0.15, 0.2) is 23.8 Å². The van der Waals surface area contributed by atoms with Gasteiger partial charge in [-0.25, -0.2) is 37.7 Å². The summed E-state index contributed by atoms with van der Waals surface area (Å²) in [6, 6.07) is 0. The van der Waals surface area contributed by atoms with Gasteiger partial charge in [-0.2, -0.15) is 4.98 Å². The van der Waals surface area contributed by atoms with Gasteiger partial charge < -0.3 is 60.9 Å². The van der Waals surface area contributed by atoms with E-state index in [1.165, 1.54) is 4.57 Å². The molecule has 4 rings (SSSR count). The Morgan fingerprint density at radius 3 is 1.67 bits per heavy atom. The van der Waals surface area contributed by atoms with E-state index in [1.54, 1.807) is 0 Å². The third-order valence-corrected chi connectivity index (χ3v) is 14.0. The van der Waals surface area contributed by atoms with Gasteiger partial charge >= 0.3 is 30.8 Å². The van der Waals surface area contributed by atoms with E-state index in [4.69, 9.17) is 20.9 Å². The molecule has 302 valence electrons. The highest BCUT2D eigenvalue weighted by Crippen LogP contribution is 2.70. The number of anilines is 2. The molecule has 0 aliphatic heterocycles. The maximum atomic E-state index is 12.5. The van der Waals surface area contributed by atoms with Crippen molar-refractivity contribution in [1.82, 2.24) is 39.0 Å². The summed E-state index contributed by atoms with van der Waals surface area (Å²) in [6.45, 7) is -5.60. The van der Waals surface area contributed by atoms with Crippen molar-refractivity contribution in [2.24, 2.45) is 0 Å². The number of H-pyrrole nitrogens is 1. The van der Waals surface area contributed by atoms with Gasteiger partial charge in [0.05, 0.1) is 52.3 Å². The number of ether oxygens (including phenoxy) is 2. The number of nitrogens with one attached hydrogen (secondary N) is 1. The molecule has 0 amide bonds. The van der Waals surface area contributed by atoms with Gasteiger partial charge in [-0.1, -0.05) is 0 Å². The number of aromatic amines is 1. The second-order valence-electron chi connectivity index (χ2n) is 10.6. The Labute approximate surface area is 300 Å². The minimum Gasteiger partial charge on any atom is -0.394 e. The minimum atomic E-state index is -5.71. The highest BCUT2D eigenvalue weighted by molar-refractivity contribution is 7.76. The van der Waals surface area contributed by atoms with Gasteiger partial charge in [-0.05, 0) is 0 Å². The van der Waals surface area contributed by atoms with E-state index >= 15 is 0 Å². The standard InChI is InChI=1S/C21H34N10O19P4/c22-17-15-18(25-7-24-17)30(8-26-15)13(3-34)47-11(1-32)5-45-53(41,42)49-51(37,38)10-52(39,40)50-54(43,44)46-6-12(2-33)48-14(4-35)31-9-27-16-19(31)28-21(23)29-20(16)36/h7-9,11-14,32-35H,1-6,10H2,(H,37,38)(H,39,40)(H,41,42)(H,43,44)(H2,22,24,25)(H3,23,28,29,36)/t11-,12-,13+,14+/m0/s1. The van der Waals surface area contributed by atoms with Crippen LogP contribution >= 0.6 is 30.8 Å². The molecule has 54 heavy (non-hydrogen) atoms. The number of aliphatic hydroxyl groups excluding tert-OH is 4. The summed E-state index contributed by atoms with van der Waals surface area (Å²) in [5.74, 6) is -2.39. The van der Waals surface area contributed by atoms with Crippen molar-refractivity contribution >= 4 is 64.9 Å². The van der Waals surface area contributed by atoms with Gasteiger partial charge in [0.25, 0.3) is 5.56 Å². The van der Waals surface area contributed by atoms with Crippen molar-refractivity contribution in [2.45, 2.75) is 24.7 Å². The largest absolute Gasteiger partial charge is 0.479 e. The molecule has 8 atom stereocenters. The zero-order valence-corrected chi connectivity index (χ0v) is 30.7. The summed E-state index contributed by atoms with van der Waals surface area (Å²) in [5, 5.41) is 39.0. The number of aliphatic hydroxyl groups is 4. The van der Waals surface area contributed by atoms with Gasteiger partial charge in [-0.15, -0.1) is 0 Å². The number of rotatable bonds is 22. The fraction of sp³-hybridized carbons (Fsp3) is 0.524. The molecule has 4 unspecified atom stereocenters. The van der Waals surface area contributed by atoms with E-state index < -0.39 is 107 Å². The van der Waals surface area contributed by atoms with Crippen LogP contribution in [0.2, 0.25) is 0 Å². The summed E-state index contributed by atoms with van der Waals surface area (Å²) in [4.78, 5) is 73.7. The fourth-order valence-corrected chi connectivity index (χ4v) is 11.2. The molecule has 0 radical (unpaired) electrons. The van der Waals surface area contributed by atoms with E-state index in [-0.39, 0.29) is 34.1 Å². The van der Waals surface area contributed by atoms with Crippen LogP contribution in [0.1, 0.15) is 12.5 Å². The average molecular weight is 854 g/mol. The SMILES string of the molecule is Nc1nc2c(ncn2[C@@H](CO)O[C@@H](CO)COP(=O)(O)OP(=O)(O)CP(=O)(O)OP(=O)(O)OC[C@H](CO)O[C@H](CO)n2cnc3c(N)ncnc32)c(=O)[nH]1. The first-order valence-corrected chi connectivity index (χ1v) is 21.1. The Balaban J connectivity index is 1.31. The van der Waals surface area contributed by atoms with Gasteiger partial charge in [0.15, 0.2) is 41.0 Å². The highest BCUT2D eigenvalue weighted by Gasteiger charge is 2.44. The van der Waals surface area contributed by atoms with Crippen LogP contribution < -0.4 is 17.0 Å². The first-order valence-electron chi connectivity index (χ1n) is 14.6. The van der Waals surface area contributed by atoms with E-state index in [1.807, 2.05) is 0 Å². The number of nitrogen functional groups attached to an aromatic ring is 2. The van der Waals surface area contributed by atoms with Crippen LogP contribution in [-0.2, 0) is 45.4 Å². The van der Waals surface area contributed by atoms with E-state index in [9.17, 15) is 63.1 Å². The number of hydrogen-bond acceptors (Lipinski definition) is 22. The Bertz CT molecular complexity index is 2170. The molecule has 0 aliphatic carbocycles. The van der Waals surface area contributed by atoms with Crippen LogP contribution in [0, 0.1) is 0 Å². The van der Waals surface area contributed by atoms with Crippen molar-refractivity contribution in [3.8, 4) is 0 Å². The molecule has 0 aliphatic rings. The number of hydrogen-bond donors (Lipinski definition) is 11. The lowest BCUT2D eigenvalue weighted by molar-refractivity contribution is -0.109. The minimum absolute atomic E-state index is 0.00368. The first-order chi connectivity index (χ1) is 25.2. The third-order valence-electron chi connectivity index (χ3n) is 6.54. The number of aromatic nitrogens is 8. The lowest BCUT2D eigenvalue weighted by Gasteiger charge is -2.25. The summed E-state index contributed by atoms with van der Waals surface area (Å²) < 4.78 is 80.4. The number of phosphoric ester groups is 2. The zero-order valence-electron chi connectivity index (χ0n) is 27.1. The number of nitrogens with two attached hydrogens (primary N) is 2. The van der Waals surface area contributed by atoms with E-state index in [0.717, 1.165) is 23.5 Å². The zero-order chi connectivity index (χ0) is 40.1. The lowest BCUT2D eigenvalue weighted by atomic mass is 10.4. The van der Waals surface area contributed by atoms with Gasteiger partial charge in [-0.3, -0.25) is 37.1 Å². The quantitative estimate of drug-likeness (QED) is 0.0363. The molecule has 0 saturated heterocycles. The summed E-state index contributed by atoms with van der Waals surface area (Å²) in [6.07, 6.45) is -2.62. The third kappa shape index (κ3) is 11.5. The Morgan fingerprint density at radius 2 is 1.19 bits per heavy atom. The van der Waals surface area contributed by atoms with Gasteiger partial charge in [0.1, 0.15) is 24.1 Å². The molecule has 0 fully saturated rings. The molecule has 29 nitrogen and oxygen atoms in total. The topological polar surface area (TPSA) is 445 Å². The lowest BCUT2D eigenvalue weighted by Crippen LogP contribution is -2.30. The normalized spacial score (nSPS) is 19.0. The molecule has 4 aromatic rings. The van der Waals surface area contributed by atoms with Crippen molar-refractivity contribution in [3.05, 3.63) is 29.3 Å². The predicted octanol–water partition coefficient (Wildman–Crippen LogP) is -2.54. The van der Waals surface area contributed by atoms with Crippen molar-refractivity contribution in [1.29, 1.82) is 0 Å². The monoisotopic (exact) mass is 854 g/mol. The maximum absolute atomic E-state index is 12.5. The highest BCUT2D eigenvalue weighted by atomic mass is 31.3. The molecule has 13 N–H and O–H groups in total. The maximum Gasteiger partial charge on any atom is 0.479 e. The van der Waals surface area contributed by atoms with Crippen LogP contribution in [0.25, 0.3) is 22.3 Å². The summed E-state index contributed by atoms with van der Waals surface area (Å²) >= 11 is 0. The second-order valence-corrected chi connectivity index (χ2v) is 18.0. The second kappa shape index (κ2) is 17.8. The molecule has 0 bridgehead atoms. The van der Waals surface area contributed by atoms with Gasteiger partial charge in [0.2, 0.25) is 5.95 Å². The number of fused-ring (bicyclic) bond motifs is 2. The Morgan fingerprint density at radius 1 is 0.704 bits per heavy atom. The molecule has 0 aromatic carbocycles. The molecule has 33 heteroatoms. The van der Waals surface area contributed by atoms with Crippen LogP contribution in [-0.4, -0.2) is 137 Å². The van der Waals surface area contributed by atoms with Crippen LogP contribution in [0.3, 0.4) is 0 Å². The predicted molar refractivity (Wildman–Crippen MR) is 177 cm³/mol. The molecule has 4 heterocycles. The van der Waals surface area contributed by atoms with Crippen LogP contribution in [0.4, 0.5) is 11.8 Å². The smallest absolute Gasteiger partial charge is 0.394 e. The van der Waals surface area contributed by atoms with Crippen molar-refractivity contribution < 1.29 is 85.4 Å². The number of phosphoric acid groups is 2. The van der Waals surface area contributed by atoms with Crippen molar-refractivity contribution in [2.75, 3.05) is 57.0 Å². The number of imidazole rings is 2. The molecule has 0 saturated carbocycles. The first kappa shape index (κ1) is 43.6. The summed E-state index contributed by atoms with van der Waals surface area (Å²) in [7, 11) is -22.7. The Hall–Kier alpha value is -3.14.